The summed E-state index contributed by atoms with van der Waals surface area (Å²) < 4.78 is 10.8. The van der Waals surface area contributed by atoms with E-state index in [4.69, 9.17) is 9.15 Å². The van der Waals surface area contributed by atoms with Crippen LogP contribution in [-0.4, -0.2) is 23.3 Å². The minimum Gasteiger partial charge on any atom is -0.492 e. The van der Waals surface area contributed by atoms with Crippen molar-refractivity contribution >= 4 is 0 Å². The first-order valence-corrected chi connectivity index (χ1v) is 5.93. The summed E-state index contributed by atoms with van der Waals surface area (Å²) in [5.41, 5.74) is 1.20. The smallest absolute Gasteiger partial charge is 0.230 e. The molecule has 0 saturated heterocycles. The SMILES string of the molecule is Cc1cccc(OCCNCc2nnc(C)o2)c1. The number of aromatic nitrogens is 2. The van der Waals surface area contributed by atoms with Gasteiger partial charge in [-0.2, -0.15) is 0 Å². The monoisotopic (exact) mass is 247 g/mol. The molecule has 0 saturated carbocycles. The molecule has 0 aliphatic rings. The van der Waals surface area contributed by atoms with Crippen molar-refractivity contribution < 1.29 is 9.15 Å². The molecule has 0 aliphatic heterocycles. The summed E-state index contributed by atoms with van der Waals surface area (Å²) in [7, 11) is 0. The normalized spacial score (nSPS) is 10.6. The zero-order valence-corrected chi connectivity index (χ0v) is 10.6. The molecule has 0 atom stereocenters. The third-order valence-corrected chi connectivity index (χ3v) is 2.38. The lowest BCUT2D eigenvalue weighted by Gasteiger charge is -2.06. The van der Waals surface area contributed by atoms with Crippen LogP contribution < -0.4 is 10.1 Å². The number of benzene rings is 1. The van der Waals surface area contributed by atoms with Gasteiger partial charge in [-0.15, -0.1) is 10.2 Å². The number of hydrogen-bond acceptors (Lipinski definition) is 5. The molecule has 5 heteroatoms. The number of rotatable bonds is 6. The number of aryl methyl sites for hydroxylation is 2. The summed E-state index contributed by atoms with van der Waals surface area (Å²) in [5.74, 6) is 2.08. The van der Waals surface area contributed by atoms with E-state index in [-0.39, 0.29) is 0 Å². The average Bonchev–Trinajstić information content (AvgIpc) is 2.75. The molecule has 0 radical (unpaired) electrons. The molecule has 0 unspecified atom stereocenters. The number of ether oxygens (including phenoxy) is 1. The molecule has 0 aliphatic carbocycles. The average molecular weight is 247 g/mol. The third-order valence-electron chi connectivity index (χ3n) is 2.38. The van der Waals surface area contributed by atoms with Gasteiger partial charge in [0.15, 0.2) is 0 Å². The van der Waals surface area contributed by atoms with E-state index in [1.54, 1.807) is 6.92 Å². The molecule has 1 aromatic heterocycles. The first kappa shape index (κ1) is 12.6. The molecule has 96 valence electrons. The maximum absolute atomic E-state index is 5.60. The zero-order chi connectivity index (χ0) is 12.8. The van der Waals surface area contributed by atoms with Crippen molar-refractivity contribution in [2.45, 2.75) is 20.4 Å². The molecular weight excluding hydrogens is 230 g/mol. The summed E-state index contributed by atoms with van der Waals surface area (Å²) in [6.45, 7) is 5.73. The molecular formula is C13H17N3O2. The zero-order valence-electron chi connectivity index (χ0n) is 10.6. The molecule has 18 heavy (non-hydrogen) atoms. The van der Waals surface area contributed by atoms with E-state index in [2.05, 4.69) is 15.5 Å². The van der Waals surface area contributed by atoms with Crippen molar-refractivity contribution in [1.82, 2.24) is 15.5 Å². The third kappa shape index (κ3) is 3.85. The summed E-state index contributed by atoms with van der Waals surface area (Å²) >= 11 is 0. The standard InChI is InChI=1S/C13H17N3O2/c1-10-4-3-5-12(8-10)17-7-6-14-9-13-16-15-11(2)18-13/h3-5,8,14H,6-7,9H2,1-2H3. The van der Waals surface area contributed by atoms with Gasteiger partial charge in [-0.1, -0.05) is 12.1 Å². The quantitative estimate of drug-likeness (QED) is 0.789. The predicted octanol–water partition coefficient (Wildman–Crippen LogP) is 1.86. The lowest BCUT2D eigenvalue weighted by atomic mass is 10.2. The van der Waals surface area contributed by atoms with Gasteiger partial charge in [-0.05, 0) is 24.6 Å². The molecule has 5 nitrogen and oxygen atoms in total. The van der Waals surface area contributed by atoms with Crippen LogP contribution in [0.15, 0.2) is 28.7 Å². The van der Waals surface area contributed by atoms with Crippen LogP contribution in [0.3, 0.4) is 0 Å². The van der Waals surface area contributed by atoms with E-state index in [9.17, 15) is 0 Å². The van der Waals surface area contributed by atoms with Crippen molar-refractivity contribution in [3.63, 3.8) is 0 Å². The molecule has 0 spiro atoms. The molecule has 0 bridgehead atoms. The van der Waals surface area contributed by atoms with Gasteiger partial charge in [-0.25, -0.2) is 0 Å². The highest BCUT2D eigenvalue weighted by atomic mass is 16.5. The minimum absolute atomic E-state index is 0.567. The maximum Gasteiger partial charge on any atom is 0.230 e. The van der Waals surface area contributed by atoms with Gasteiger partial charge in [0, 0.05) is 13.5 Å². The van der Waals surface area contributed by atoms with Crippen LogP contribution in [0.1, 0.15) is 17.3 Å². The fraction of sp³-hybridized carbons (Fsp3) is 0.385. The van der Waals surface area contributed by atoms with E-state index < -0.39 is 0 Å². The summed E-state index contributed by atoms with van der Waals surface area (Å²) in [5, 5.41) is 10.8. The summed E-state index contributed by atoms with van der Waals surface area (Å²) in [6, 6.07) is 8.00. The van der Waals surface area contributed by atoms with E-state index in [0.717, 1.165) is 12.3 Å². The Hall–Kier alpha value is -1.88. The van der Waals surface area contributed by atoms with E-state index in [1.807, 2.05) is 31.2 Å². The molecule has 2 aromatic rings. The van der Waals surface area contributed by atoms with E-state index in [0.29, 0.717) is 24.9 Å². The van der Waals surface area contributed by atoms with Gasteiger partial charge >= 0.3 is 0 Å². The second kappa shape index (κ2) is 6.16. The Morgan fingerprint density at radius 3 is 2.89 bits per heavy atom. The van der Waals surface area contributed by atoms with Crippen LogP contribution in [0.4, 0.5) is 0 Å². The topological polar surface area (TPSA) is 60.2 Å². The molecule has 2 rings (SSSR count). The lowest BCUT2D eigenvalue weighted by Crippen LogP contribution is -2.20. The van der Waals surface area contributed by atoms with Crippen molar-refractivity contribution in [2.75, 3.05) is 13.2 Å². The molecule has 0 amide bonds. The molecule has 1 N–H and O–H groups in total. The highest BCUT2D eigenvalue weighted by Crippen LogP contribution is 2.11. The Labute approximate surface area is 106 Å². The molecule has 1 aromatic carbocycles. The number of nitrogens with zero attached hydrogens (tertiary/aromatic N) is 2. The van der Waals surface area contributed by atoms with Gasteiger partial charge in [0.1, 0.15) is 12.4 Å². The van der Waals surface area contributed by atoms with E-state index in [1.165, 1.54) is 5.56 Å². The Balaban J connectivity index is 1.64. The molecule has 1 heterocycles. The number of nitrogens with one attached hydrogen (secondary N) is 1. The fourth-order valence-corrected chi connectivity index (χ4v) is 1.55. The largest absolute Gasteiger partial charge is 0.492 e. The van der Waals surface area contributed by atoms with E-state index >= 15 is 0 Å². The van der Waals surface area contributed by atoms with Crippen LogP contribution in [0, 0.1) is 13.8 Å². The summed E-state index contributed by atoms with van der Waals surface area (Å²) in [6.07, 6.45) is 0. The van der Waals surface area contributed by atoms with Gasteiger partial charge in [0.25, 0.3) is 0 Å². The highest BCUT2D eigenvalue weighted by molar-refractivity contribution is 5.27. The molecule has 0 fully saturated rings. The second-order valence-electron chi connectivity index (χ2n) is 4.06. The van der Waals surface area contributed by atoms with Crippen LogP contribution in [-0.2, 0) is 6.54 Å². The fourth-order valence-electron chi connectivity index (χ4n) is 1.55. The van der Waals surface area contributed by atoms with Gasteiger partial charge in [-0.3, -0.25) is 0 Å². The highest BCUT2D eigenvalue weighted by Gasteiger charge is 2.00. The van der Waals surface area contributed by atoms with Crippen molar-refractivity contribution in [2.24, 2.45) is 0 Å². The van der Waals surface area contributed by atoms with Crippen molar-refractivity contribution in [3.8, 4) is 5.75 Å². The predicted molar refractivity (Wildman–Crippen MR) is 67.4 cm³/mol. The Morgan fingerprint density at radius 2 is 2.17 bits per heavy atom. The van der Waals surface area contributed by atoms with Crippen LogP contribution in [0.5, 0.6) is 5.75 Å². The summed E-state index contributed by atoms with van der Waals surface area (Å²) in [4.78, 5) is 0. The maximum atomic E-state index is 5.60. The first-order valence-electron chi connectivity index (χ1n) is 5.93. The van der Waals surface area contributed by atoms with Crippen LogP contribution >= 0.6 is 0 Å². The van der Waals surface area contributed by atoms with Gasteiger partial charge in [0.2, 0.25) is 11.8 Å². The van der Waals surface area contributed by atoms with Crippen LogP contribution in [0.2, 0.25) is 0 Å². The number of hydrogen-bond donors (Lipinski definition) is 1. The van der Waals surface area contributed by atoms with Gasteiger partial charge in [0.05, 0.1) is 6.54 Å². The minimum atomic E-state index is 0.567. The lowest BCUT2D eigenvalue weighted by molar-refractivity contribution is 0.309. The first-order chi connectivity index (χ1) is 8.74. The van der Waals surface area contributed by atoms with Crippen molar-refractivity contribution in [3.05, 3.63) is 41.6 Å². The van der Waals surface area contributed by atoms with Gasteiger partial charge < -0.3 is 14.5 Å². The van der Waals surface area contributed by atoms with Crippen LogP contribution in [0.25, 0.3) is 0 Å². The second-order valence-corrected chi connectivity index (χ2v) is 4.06. The Kier molecular flexibility index (Phi) is 4.30. The Morgan fingerprint density at radius 1 is 1.28 bits per heavy atom. The van der Waals surface area contributed by atoms with Crippen molar-refractivity contribution in [1.29, 1.82) is 0 Å². The Bertz CT molecular complexity index is 496.